The van der Waals surface area contributed by atoms with Crippen LogP contribution in [0.3, 0.4) is 0 Å². The van der Waals surface area contributed by atoms with Crippen LogP contribution in [0.5, 0.6) is 11.5 Å². The molecule has 0 aliphatic heterocycles. The molecule has 0 aromatic heterocycles. The Bertz CT molecular complexity index is 1820. The van der Waals surface area contributed by atoms with Crippen LogP contribution in [0, 0.1) is 0 Å². The second-order valence-electron chi connectivity index (χ2n) is 11.1. The first-order chi connectivity index (χ1) is 21.7. The fraction of sp³-hybridized carbons (Fsp3) is 0.0500. The molecule has 0 N–H and O–H groups in total. The van der Waals surface area contributed by atoms with E-state index in [2.05, 4.69) is 0 Å². The van der Waals surface area contributed by atoms with E-state index >= 15 is 9.59 Å². The van der Waals surface area contributed by atoms with Crippen LogP contribution < -0.4 is 9.47 Å². The fourth-order valence-electron chi connectivity index (χ4n) is 7.37. The summed E-state index contributed by atoms with van der Waals surface area (Å²) in [6, 6.07) is 49.4. The predicted octanol–water partition coefficient (Wildman–Crippen LogP) is 8.13. The molecular weight excluding hydrogens is 544 g/mol. The SMILES string of the molecule is O=C(Oc1ccccc1)C1(C2(C(=O)Oc3ccccc3)c3ccccc3-c3ccccc32)c2ccccc2-c2ccccc21. The van der Waals surface area contributed by atoms with E-state index in [1.54, 1.807) is 24.3 Å². The average molecular weight is 571 g/mol. The Labute approximate surface area is 255 Å². The van der Waals surface area contributed by atoms with E-state index in [1.165, 1.54) is 0 Å². The first-order valence-corrected chi connectivity index (χ1v) is 14.6. The van der Waals surface area contributed by atoms with Gasteiger partial charge in [0.15, 0.2) is 0 Å². The van der Waals surface area contributed by atoms with E-state index in [4.69, 9.17) is 9.47 Å². The standard InChI is InChI=1S/C40H26O4/c41-37(43-27-15-3-1-4-16-27)39(33-23-11-7-19-29(33)30-20-8-12-24-34(30)39)40(38(42)44-28-17-5-2-6-18-28)35-25-13-9-21-31(35)32-22-10-14-26-36(32)40/h1-26H. The van der Waals surface area contributed by atoms with Gasteiger partial charge in [0.1, 0.15) is 22.3 Å². The molecule has 0 unspecified atom stereocenters. The van der Waals surface area contributed by atoms with E-state index in [-0.39, 0.29) is 0 Å². The predicted molar refractivity (Wildman–Crippen MR) is 169 cm³/mol. The van der Waals surface area contributed by atoms with E-state index in [0.717, 1.165) is 22.3 Å². The molecule has 4 heteroatoms. The number of esters is 2. The molecule has 0 heterocycles. The lowest BCUT2D eigenvalue weighted by Crippen LogP contribution is -2.61. The molecule has 0 atom stereocenters. The molecule has 0 radical (unpaired) electrons. The number of ether oxygens (including phenoxy) is 2. The number of carbonyl (C=O) groups excluding carboxylic acids is 2. The molecule has 0 amide bonds. The second kappa shape index (κ2) is 9.92. The third-order valence-corrected chi connectivity index (χ3v) is 8.99. The molecular formula is C40H26O4. The Kier molecular flexibility index (Phi) is 5.85. The minimum atomic E-state index is -1.65. The maximum Gasteiger partial charge on any atom is 0.328 e. The average Bonchev–Trinajstić information content (AvgIpc) is 3.55. The van der Waals surface area contributed by atoms with Crippen molar-refractivity contribution in [2.24, 2.45) is 0 Å². The zero-order chi connectivity index (χ0) is 29.7. The number of carbonyl (C=O) groups is 2. The monoisotopic (exact) mass is 570 g/mol. The summed E-state index contributed by atoms with van der Waals surface area (Å²) < 4.78 is 12.7. The highest BCUT2D eigenvalue weighted by Gasteiger charge is 2.72. The molecule has 0 fully saturated rings. The molecule has 210 valence electrons. The number of fused-ring (bicyclic) bond motifs is 6. The second-order valence-corrected chi connectivity index (χ2v) is 11.1. The van der Waals surface area contributed by atoms with Crippen LogP contribution in [0.1, 0.15) is 22.3 Å². The van der Waals surface area contributed by atoms with Gasteiger partial charge in [0.2, 0.25) is 0 Å². The van der Waals surface area contributed by atoms with Crippen molar-refractivity contribution in [1.82, 2.24) is 0 Å². The van der Waals surface area contributed by atoms with Gasteiger partial charge in [-0.3, -0.25) is 9.59 Å². The van der Waals surface area contributed by atoms with Gasteiger partial charge in [-0.1, -0.05) is 133 Å². The van der Waals surface area contributed by atoms with Crippen molar-refractivity contribution in [3.63, 3.8) is 0 Å². The van der Waals surface area contributed by atoms with Crippen LogP contribution in [0.25, 0.3) is 22.3 Å². The number of benzene rings is 6. The van der Waals surface area contributed by atoms with Crippen molar-refractivity contribution < 1.29 is 19.1 Å². The van der Waals surface area contributed by atoms with Gasteiger partial charge in [0.25, 0.3) is 0 Å². The van der Waals surface area contributed by atoms with Gasteiger partial charge in [-0.15, -0.1) is 0 Å². The summed E-state index contributed by atoms with van der Waals surface area (Å²) in [6.45, 7) is 0. The van der Waals surface area contributed by atoms with Crippen LogP contribution in [-0.2, 0) is 20.4 Å². The molecule has 44 heavy (non-hydrogen) atoms. The van der Waals surface area contributed by atoms with Crippen molar-refractivity contribution in [3.05, 3.63) is 180 Å². The van der Waals surface area contributed by atoms with Crippen LogP contribution >= 0.6 is 0 Å². The molecule has 0 spiro atoms. The molecule has 0 saturated heterocycles. The molecule has 8 rings (SSSR count). The lowest BCUT2D eigenvalue weighted by molar-refractivity contribution is -0.151. The van der Waals surface area contributed by atoms with Crippen molar-refractivity contribution in [2.45, 2.75) is 10.8 Å². The van der Waals surface area contributed by atoms with Crippen molar-refractivity contribution >= 4 is 11.9 Å². The normalized spacial score (nSPS) is 14.5. The smallest absolute Gasteiger partial charge is 0.328 e. The van der Waals surface area contributed by atoms with Gasteiger partial charge in [-0.2, -0.15) is 0 Å². The van der Waals surface area contributed by atoms with Gasteiger partial charge >= 0.3 is 11.9 Å². The summed E-state index contributed by atoms with van der Waals surface area (Å²) in [5.41, 5.74) is 2.98. The van der Waals surface area contributed by atoms with E-state index in [1.807, 2.05) is 133 Å². The zero-order valence-corrected chi connectivity index (χ0v) is 23.6. The molecule has 4 nitrogen and oxygen atoms in total. The fourth-order valence-corrected chi connectivity index (χ4v) is 7.37. The topological polar surface area (TPSA) is 52.6 Å². The van der Waals surface area contributed by atoms with Gasteiger partial charge in [-0.25, -0.2) is 0 Å². The number of hydrogen-bond donors (Lipinski definition) is 0. The highest BCUT2D eigenvalue weighted by Crippen LogP contribution is 2.65. The molecule has 6 aromatic carbocycles. The van der Waals surface area contributed by atoms with Crippen molar-refractivity contribution in [2.75, 3.05) is 0 Å². The third kappa shape index (κ3) is 3.39. The van der Waals surface area contributed by atoms with Crippen LogP contribution in [0.2, 0.25) is 0 Å². The first kappa shape index (κ1) is 25.9. The quantitative estimate of drug-likeness (QED) is 0.155. The van der Waals surface area contributed by atoms with E-state index in [0.29, 0.717) is 33.8 Å². The van der Waals surface area contributed by atoms with Crippen LogP contribution in [-0.4, -0.2) is 11.9 Å². The molecule has 2 aliphatic carbocycles. The summed E-state index contributed by atoms with van der Waals surface area (Å²) in [5.74, 6) is -0.329. The minimum absolute atomic E-state index is 0.393. The molecule has 0 saturated carbocycles. The Morgan fingerprint density at radius 2 is 0.591 bits per heavy atom. The highest BCUT2D eigenvalue weighted by atomic mass is 16.5. The summed E-state index contributed by atoms with van der Waals surface area (Å²) in [4.78, 5) is 30.8. The lowest BCUT2D eigenvalue weighted by Gasteiger charge is -2.45. The Morgan fingerprint density at radius 3 is 0.886 bits per heavy atom. The Morgan fingerprint density at radius 1 is 0.341 bits per heavy atom. The third-order valence-electron chi connectivity index (χ3n) is 8.99. The Hall–Kier alpha value is -5.74. The molecule has 0 bridgehead atoms. The van der Waals surface area contributed by atoms with Gasteiger partial charge < -0.3 is 9.47 Å². The van der Waals surface area contributed by atoms with Gasteiger partial charge in [0, 0.05) is 0 Å². The largest absolute Gasteiger partial charge is 0.426 e. The lowest BCUT2D eigenvalue weighted by atomic mass is 9.54. The Balaban J connectivity index is 1.54. The van der Waals surface area contributed by atoms with Crippen molar-refractivity contribution in [1.29, 1.82) is 0 Å². The van der Waals surface area contributed by atoms with Crippen molar-refractivity contribution in [3.8, 4) is 33.8 Å². The molecule has 2 aliphatic rings. The highest BCUT2D eigenvalue weighted by molar-refractivity contribution is 6.12. The summed E-state index contributed by atoms with van der Waals surface area (Å²) >= 11 is 0. The first-order valence-electron chi connectivity index (χ1n) is 14.6. The van der Waals surface area contributed by atoms with Gasteiger partial charge in [0.05, 0.1) is 0 Å². The maximum absolute atomic E-state index is 15.4. The van der Waals surface area contributed by atoms with E-state index < -0.39 is 22.8 Å². The minimum Gasteiger partial charge on any atom is -0.426 e. The molecule has 6 aromatic rings. The van der Waals surface area contributed by atoms with Crippen LogP contribution in [0.15, 0.2) is 158 Å². The van der Waals surface area contributed by atoms with Gasteiger partial charge in [-0.05, 0) is 68.8 Å². The maximum atomic E-state index is 15.4. The summed E-state index contributed by atoms with van der Waals surface area (Å²) in [7, 11) is 0. The van der Waals surface area contributed by atoms with Crippen LogP contribution in [0.4, 0.5) is 0 Å². The number of rotatable bonds is 5. The summed E-state index contributed by atoms with van der Waals surface area (Å²) in [5, 5.41) is 0. The summed E-state index contributed by atoms with van der Waals surface area (Å²) in [6.07, 6.45) is 0. The van der Waals surface area contributed by atoms with E-state index in [9.17, 15) is 0 Å². The number of hydrogen-bond acceptors (Lipinski definition) is 4. The number of para-hydroxylation sites is 2. The zero-order valence-electron chi connectivity index (χ0n) is 23.6.